The van der Waals surface area contributed by atoms with Crippen molar-refractivity contribution in [3.63, 3.8) is 0 Å². The highest BCUT2D eigenvalue weighted by molar-refractivity contribution is 5.15. The molecule has 2 saturated heterocycles. The van der Waals surface area contributed by atoms with Gasteiger partial charge in [-0.15, -0.1) is 0 Å². The average molecular weight is 433 g/mol. The van der Waals surface area contributed by atoms with Gasteiger partial charge in [-0.25, -0.2) is 0 Å². The summed E-state index contributed by atoms with van der Waals surface area (Å²) in [6.45, 7) is 10.6. The highest BCUT2D eigenvalue weighted by Gasteiger charge is 2.69. The molecule has 1 spiro atoms. The monoisotopic (exact) mass is 432 g/mol. The molecule has 176 valence electrons. The van der Waals surface area contributed by atoms with Crippen LogP contribution in [0.4, 0.5) is 0 Å². The lowest BCUT2D eigenvalue weighted by atomic mass is 9.44. The topological polar surface area (TPSA) is 58.9 Å². The first-order chi connectivity index (χ1) is 14.7. The third-order valence-corrected chi connectivity index (χ3v) is 12.0. The first kappa shape index (κ1) is 21.4. The standard InChI is InChI=1S/C27H44O4/c1-15-7-10-27(30-14-15)16(2)24-23(31-27)12-20-18-6-5-17-11-21(28)22(29)13-26(17,4)19(18)8-9-25(20,24)3/h15-24,28-29H,5-14H2,1-4H3/t15?,16-,17?,18+,19-,20-,21?,22?,23-,24-,25-,26-,27+/m0/s1. The lowest BCUT2D eigenvalue weighted by Crippen LogP contribution is -2.57. The van der Waals surface area contributed by atoms with Crippen molar-refractivity contribution in [2.75, 3.05) is 6.61 Å². The van der Waals surface area contributed by atoms with Crippen LogP contribution in [0, 0.1) is 52.3 Å². The van der Waals surface area contributed by atoms with Gasteiger partial charge in [-0.3, -0.25) is 0 Å². The van der Waals surface area contributed by atoms with Crippen LogP contribution in [0.3, 0.4) is 0 Å². The fourth-order valence-corrected chi connectivity index (χ4v) is 10.3. The quantitative estimate of drug-likeness (QED) is 0.579. The minimum atomic E-state index is -0.537. The zero-order valence-electron chi connectivity index (χ0n) is 20.1. The summed E-state index contributed by atoms with van der Waals surface area (Å²) in [6, 6.07) is 0. The number of aliphatic hydroxyl groups excluding tert-OH is 2. The predicted molar refractivity (Wildman–Crippen MR) is 119 cm³/mol. The molecule has 2 aliphatic heterocycles. The molecule has 4 unspecified atom stereocenters. The maximum atomic E-state index is 10.6. The molecule has 4 heteroatoms. The molecular formula is C27H44O4. The number of hydrogen-bond acceptors (Lipinski definition) is 4. The summed E-state index contributed by atoms with van der Waals surface area (Å²) in [7, 11) is 0. The van der Waals surface area contributed by atoms with Crippen LogP contribution in [0.15, 0.2) is 0 Å². The highest BCUT2D eigenvalue weighted by atomic mass is 16.7. The average Bonchev–Trinajstić information content (AvgIpc) is 3.16. The number of aliphatic hydroxyl groups is 2. The fraction of sp³-hybridized carbons (Fsp3) is 1.00. The third-order valence-electron chi connectivity index (χ3n) is 12.0. The molecule has 2 N–H and O–H groups in total. The van der Waals surface area contributed by atoms with Gasteiger partial charge >= 0.3 is 0 Å². The molecule has 31 heavy (non-hydrogen) atoms. The van der Waals surface area contributed by atoms with Crippen molar-refractivity contribution in [3.05, 3.63) is 0 Å². The Labute approximate surface area is 188 Å². The van der Waals surface area contributed by atoms with Crippen LogP contribution in [0.25, 0.3) is 0 Å². The number of ether oxygens (including phenoxy) is 2. The van der Waals surface area contributed by atoms with Gasteiger partial charge in [-0.05, 0) is 97.7 Å². The van der Waals surface area contributed by atoms with Gasteiger partial charge in [0.25, 0.3) is 0 Å². The zero-order chi connectivity index (χ0) is 21.8. The van der Waals surface area contributed by atoms with E-state index < -0.39 is 12.2 Å². The summed E-state index contributed by atoms with van der Waals surface area (Å²) in [5, 5.41) is 20.9. The van der Waals surface area contributed by atoms with E-state index in [4.69, 9.17) is 9.47 Å². The normalized spacial score (nSPS) is 63.3. The van der Waals surface area contributed by atoms with E-state index in [0.29, 0.717) is 41.1 Å². The van der Waals surface area contributed by atoms with Crippen molar-refractivity contribution in [1.82, 2.24) is 0 Å². The van der Waals surface area contributed by atoms with Gasteiger partial charge < -0.3 is 19.7 Å². The summed E-state index contributed by atoms with van der Waals surface area (Å²) in [5.41, 5.74) is 0.550. The maximum absolute atomic E-state index is 10.6. The second-order valence-electron chi connectivity index (χ2n) is 13.2. The second kappa shape index (κ2) is 6.93. The minimum absolute atomic E-state index is 0.191. The summed E-state index contributed by atoms with van der Waals surface area (Å²) in [4.78, 5) is 0. The van der Waals surface area contributed by atoms with E-state index in [1.807, 2.05) is 0 Å². The third kappa shape index (κ3) is 2.80. The fourth-order valence-electron chi connectivity index (χ4n) is 10.3. The first-order valence-corrected chi connectivity index (χ1v) is 13.4. The van der Waals surface area contributed by atoms with E-state index in [1.54, 1.807) is 0 Å². The van der Waals surface area contributed by atoms with Crippen molar-refractivity contribution in [1.29, 1.82) is 0 Å². The Kier molecular flexibility index (Phi) is 4.78. The molecule has 13 atom stereocenters. The molecule has 6 rings (SSSR count). The molecule has 4 aliphatic carbocycles. The van der Waals surface area contributed by atoms with Crippen molar-refractivity contribution >= 4 is 0 Å². The molecule has 0 bridgehead atoms. The van der Waals surface area contributed by atoms with Crippen LogP contribution in [-0.2, 0) is 9.47 Å². The van der Waals surface area contributed by atoms with Crippen LogP contribution in [0.5, 0.6) is 0 Å². The van der Waals surface area contributed by atoms with E-state index in [1.165, 1.54) is 38.5 Å². The summed E-state index contributed by atoms with van der Waals surface area (Å²) in [6.07, 6.45) is 9.51. The predicted octanol–water partition coefficient (Wildman–Crippen LogP) is 4.76. The molecule has 4 saturated carbocycles. The van der Waals surface area contributed by atoms with Crippen molar-refractivity contribution < 1.29 is 19.7 Å². The first-order valence-electron chi connectivity index (χ1n) is 13.4. The lowest BCUT2D eigenvalue weighted by molar-refractivity contribution is -0.273. The minimum Gasteiger partial charge on any atom is -0.390 e. The van der Waals surface area contributed by atoms with Gasteiger partial charge in [0.1, 0.15) is 0 Å². The molecule has 0 aromatic carbocycles. The Hall–Kier alpha value is -0.160. The summed E-state index contributed by atoms with van der Waals surface area (Å²) < 4.78 is 13.3. The molecule has 0 aromatic rings. The molecule has 6 fully saturated rings. The van der Waals surface area contributed by atoms with Crippen LogP contribution in [0.1, 0.15) is 85.5 Å². The number of fused-ring (bicyclic) bond motifs is 7. The van der Waals surface area contributed by atoms with Crippen LogP contribution in [-0.4, -0.2) is 40.9 Å². The second-order valence-corrected chi connectivity index (χ2v) is 13.2. The van der Waals surface area contributed by atoms with Crippen LogP contribution >= 0.6 is 0 Å². The van der Waals surface area contributed by atoms with E-state index in [-0.39, 0.29) is 11.2 Å². The smallest absolute Gasteiger partial charge is 0.171 e. The van der Waals surface area contributed by atoms with Crippen molar-refractivity contribution in [3.8, 4) is 0 Å². The van der Waals surface area contributed by atoms with Gasteiger partial charge in [0.05, 0.1) is 24.9 Å². The van der Waals surface area contributed by atoms with Gasteiger partial charge in [0.15, 0.2) is 5.79 Å². The Morgan fingerprint density at radius 2 is 1.65 bits per heavy atom. The zero-order valence-corrected chi connectivity index (χ0v) is 20.1. The number of hydrogen-bond donors (Lipinski definition) is 2. The Bertz CT molecular complexity index is 716. The Balaban J connectivity index is 1.26. The molecule has 4 nitrogen and oxygen atoms in total. The molecule has 0 aromatic heterocycles. The van der Waals surface area contributed by atoms with E-state index in [2.05, 4.69) is 27.7 Å². The Morgan fingerprint density at radius 3 is 2.39 bits per heavy atom. The molecular weight excluding hydrogens is 388 g/mol. The largest absolute Gasteiger partial charge is 0.390 e. The van der Waals surface area contributed by atoms with E-state index >= 15 is 0 Å². The Morgan fingerprint density at radius 1 is 0.839 bits per heavy atom. The van der Waals surface area contributed by atoms with Crippen LogP contribution < -0.4 is 0 Å². The van der Waals surface area contributed by atoms with Crippen molar-refractivity contribution in [2.24, 2.45) is 52.3 Å². The molecule has 0 radical (unpaired) electrons. The molecule has 6 aliphatic rings. The summed E-state index contributed by atoms with van der Waals surface area (Å²) in [5.74, 6) is 4.21. The van der Waals surface area contributed by atoms with Crippen LogP contribution in [0.2, 0.25) is 0 Å². The van der Waals surface area contributed by atoms with E-state index in [0.717, 1.165) is 37.7 Å². The number of rotatable bonds is 0. The highest BCUT2D eigenvalue weighted by Crippen LogP contribution is 2.71. The van der Waals surface area contributed by atoms with Crippen molar-refractivity contribution in [2.45, 2.75) is 110 Å². The summed E-state index contributed by atoms with van der Waals surface area (Å²) >= 11 is 0. The van der Waals surface area contributed by atoms with Gasteiger partial charge in [-0.2, -0.15) is 0 Å². The van der Waals surface area contributed by atoms with E-state index in [9.17, 15) is 10.2 Å². The molecule has 0 amide bonds. The molecule has 2 heterocycles. The SMILES string of the molecule is CC1CC[C@@]2(OC1)O[C@H]1C[C@H]3[C@@H]4CCC5CC(O)C(O)C[C@]5(C)[C@H]4CC[C@]3(C)[C@H]1[C@@H]2C. The van der Waals surface area contributed by atoms with Gasteiger partial charge in [0.2, 0.25) is 0 Å². The maximum Gasteiger partial charge on any atom is 0.171 e. The van der Waals surface area contributed by atoms with Gasteiger partial charge in [0, 0.05) is 12.3 Å². The van der Waals surface area contributed by atoms with Gasteiger partial charge in [-0.1, -0.05) is 27.7 Å². The lowest BCUT2D eigenvalue weighted by Gasteiger charge is -2.61.